The highest BCUT2D eigenvalue weighted by Gasteiger charge is 2.23. The SMILES string of the molecule is CC(C)(C)C(=O)CCc1ccc(C(C)(C)c2ccc(O)cc2)cc1. The van der Waals surface area contributed by atoms with Crippen LogP contribution < -0.4 is 0 Å². The lowest BCUT2D eigenvalue weighted by Gasteiger charge is -2.26. The number of aromatic hydroxyl groups is 1. The lowest BCUT2D eigenvalue weighted by molar-refractivity contribution is -0.126. The smallest absolute Gasteiger partial charge is 0.138 e. The molecular weight excluding hydrogens is 296 g/mol. The Morgan fingerprint density at radius 3 is 1.75 bits per heavy atom. The van der Waals surface area contributed by atoms with E-state index >= 15 is 0 Å². The molecule has 0 unspecified atom stereocenters. The molecule has 0 heterocycles. The molecular formula is C22H28O2. The summed E-state index contributed by atoms with van der Waals surface area (Å²) in [6, 6.07) is 15.9. The highest BCUT2D eigenvalue weighted by molar-refractivity contribution is 5.83. The van der Waals surface area contributed by atoms with Gasteiger partial charge in [0, 0.05) is 17.3 Å². The zero-order chi connectivity index (χ0) is 18.0. The fourth-order valence-electron chi connectivity index (χ4n) is 2.77. The first-order valence-electron chi connectivity index (χ1n) is 8.53. The molecule has 0 aliphatic carbocycles. The van der Waals surface area contributed by atoms with Crippen molar-refractivity contribution < 1.29 is 9.90 Å². The van der Waals surface area contributed by atoms with Crippen molar-refractivity contribution in [2.75, 3.05) is 0 Å². The molecule has 2 heteroatoms. The minimum absolute atomic E-state index is 0.131. The van der Waals surface area contributed by atoms with Crippen LogP contribution in [0.5, 0.6) is 5.75 Å². The summed E-state index contributed by atoms with van der Waals surface area (Å²) in [5.74, 6) is 0.587. The predicted octanol–water partition coefficient (Wildman–Crippen LogP) is 5.27. The zero-order valence-corrected chi connectivity index (χ0v) is 15.4. The van der Waals surface area contributed by atoms with Crippen LogP contribution in [0.2, 0.25) is 0 Å². The van der Waals surface area contributed by atoms with Gasteiger partial charge in [0.05, 0.1) is 0 Å². The van der Waals surface area contributed by atoms with Gasteiger partial charge in [-0.15, -0.1) is 0 Å². The Hall–Kier alpha value is -2.09. The van der Waals surface area contributed by atoms with Gasteiger partial charge in [-0.05, 0) is 35.2 Å². The summed E-state index contributed by atoms with van der Waals surface area (Å²) in [6.45, 7) is 10.3. The molecule has 24 heavy (non-hydrogen) atoms. The number of phenols is 1. The molecule has 0 atom stereocenters. The third-order valence-electron chi connectivity index (χ3n) is 4.74. The highest BCUT2D eigenvalue weighted by Crippen LogP contribution is 2.32. The van der Waals surface area contributed by atoms with Crippen LogP contribution in [-0.2, 0) is 16.6 Å². The molecule has 0 fully saturated rings. The minimum atomic E-state index is -0.263. The van der Waals surface area contributed by atoms with E-state index in [1.54, 1.807) is 12.1 Å². The van der Waals surface area contributed by atoms with E-state index in [4.69, 9.17) is 0 Å². The van der Waals surface area contributed by atoms with Crippen molar-refractivity contribution in [3.8, 4) is 5.75 Å². The molecule has 0 radical (unpaired) electrons. The van der Waals surface area contributed by atoms with Gasteiger partial charge in [0.2, 0.25) is 0 Å². The summed E-state index contributed by atoms with van der Waals surface area (Å²) < 4.78 is 0. The first kappa shape index (κ1) is 18.3. The first-order chi connectivity index (χ1) is 11.1. The summed E-state index contributed by atoms with van der Waals surface area (Å²) in [4.78, 5) is 12.1. The van der Waals surface area contributed by atoms with Gasteiger partial charge in [-0.2, -0.15) is 0 Å². The van der Waals surface area contributed by atoms with Crippen LogP contribution in [0.3, 0.4) is 0 Å². The monoisotopic (exact) mass is 324 g/mol. The second-order valence-electron chi connectivity index (χ2n) is 8.04. The number of hydrogen-bond donors (Lipinski definition) is 1. The van der Waals surface area contributed by atoms with Gasteiger partial charge < -0.3 is 5.11 Å². The van der Waals surface area contributed by atoms with Crippen LogP contribution in [0.4, 0.5) is 0 Å². The molecule has 0 spiro atoms. The fourth-order valence-corrected chi connectivity index (χ4v) is 2.77. The van der Waals surface area contributed by atoms with Gasteiger partial charge in [0.15, 0.2) is 0 Å². The molecule has 2 nitrogen and oxygen atoms in total. The Morgan fingerprint density at radius 2 is 1.29 bits per heavy atom. The topological polar surface area (TPSA) is 37.3 Å². The quantitative estimate of drug-likeness (QED) is 0.814. The number of rotatable bonds is 5. The lowest BCUT2D eigenvalue weighted by atomic mass is 9.78. The third-order valence-corrected chi connectivity index (χ3v) is 4.74. The van der Waals surface area contributed by atoms with Crippen molar-refractivity contribution in [2.45, 2.75) is 52.9 Å². The minimum Gasteiger partial charge on any atom is -0.508 e. The number of hydrogen-bond acceptors (Lipinski definition) is 2. The maximum atomic E-state index is 12.1. The molecule has 2 rings (SSSR count). The largest absolute Gasteiger partial charge is 0.508 e. The van der Waals surface area contributed by atoms with Crippen molar-refractivity contribution >= 4 is 5.78 Å². The Morgan fingerprint density at radius 1 is 0.833 bits per heavy atom. The van der Waals surface area contributed by atoms with E-state index in [0.717, 1.165) is 12.0 Å². The van der Waals surface area contributed by atoms with Crippen molar-refractivity contribution in [3.05, 3.63) is 65.2 Å². The van der Waals surface area contributed by atoms with Crippen molar-refractivity contribution in [1.29, 1.82) is 0 Å². The van der Waals surface area contributed by atoms with Gasteiger partial charge in [0.25, 0.3) is 0 Å². The fraction of sp³-hybridized carbons (Fsp3) is 0.409. The molecule has 128 valence electrons. The normalized spacial score (nSPS) is 12.2. The van der Waals surface area contributed by atoms with Crippen molar-refractivity contribution in [1.82, 2.24) is 0 Å². The molecule has 0 aromatic heterocycles. The summed E-state index contributed by atoms with van der Waals surface area (Å²) in [5, 5.41) is 9.46. The summed E-state index contributed by atoms with van der Waals surface area (Å²) >= 11 is 0. The number of Topliss-reactive ketones (excluding diaryl/α,β-unsaturated/α-hetero) is 1. The molecule has 0 saturated carbocycles. The molecule has 0 bridgehead atoms. The van der Waals surface area contributed by atoms with Crippen LogP contribution in [0.25, 0.3) is 0 Å². The maximum Gasteiger partial charge on any atom is 0.138 e. The second-order valence-corrected chi connectivity index (χ2v) is 8.04. The van der Waals surface area contributed by atoms with E-state index < -0.39 is 0 Å². The molecule has 1 N–H and O–H groups in total. The van der Waals surface area contributed by atoms with Crippen LogP contribution in [0.1, 0.15) is 57.7 Å². The molecule has 2 aromatic rings. The van der Waals surface area contributed by atoms with Gasteiger partial charge >= 0.3 is 0 Å². The number of phenolic OH excluding ortho intramolecular Hbond substituents is 1. The molecule has 0 saturated heterocycles. The predicted molar refractivity (Wildman–Crippen MR) is 99.5 cm³/mol. The Bertz CT molecular complexity index is 686. The average molecular weight is 324 g/mol. The average Bonchev–Trinajstić information content (AvgIpc) is 2.52. The summed E-state index contributed by atoms with van der Waals surface area (Å²) in [5.41, 5.74) is 3.18. The van der Waals surface area contributed by atoms with Crippen molar-refractivity contribution in [3.63, 3.8) is 0 Å². The first-order valence-corrected chi connectivity index (χ1v) is 8.53. The summed E-state index contributed by atoms with van der Waals surface area (Å²) in [7, 11) is 0. The molecule has 0 aliphatic heterocycles. The van der Waals surface area contributed by atoms with Crippen LogP contribution >= 0.6 is 0 Å². The van der Waals surface area contributed by atoms with Crippen LogP contribution in [0.15, 0.2) is 48.5 Å². The van der Waals surface area contributed by atoms with Crippen LogP contribution in [0, 0.1) is 5.41 Å². The van der Waals surface area contributed by atoms with E-state index in [-0.39, 0.29) is 16.6 Å². The van der Waals surface area contributed by atoms with Gasteiger partial charge in [-0.25, -0.2) is 0 Å². The van der Waals surface area contributed by atoms with Crippen LogP contribution in [-0.4, -0.2) is 10.9 Å². The highest BCUT2D eigenvalue weighted by atomic mass is 16.3. The van der Waals surface area contributed by atoms with E-state index in [2.05, 4.69) is 38.1 Å². The Balaban J connectivity index is 2.11. The van der Waals surface area contributed by atoms with E-state index in [0.29, 0.717) is 12.2 Å². The van der Waals surface area contributed by atoms with E-state index in [9.17, 15) is 9.90 Å². The molecule has 0 amide bonds. The Labute approximate surface area is 145 Å². The number of carbonyl (C=O) groups excluding carboxylic acids is 1. The van der Waals surface area contributed by atoms with E-state index in [1.807, 2.05) is 32.9 Å². The zero-order valence-electron chi connectivity index (χ0n) is 15.4. The number of benzene rings is 2. The van der Waals surface area contributed by atoms with Crippen molar-refractivity contribution in [2.24, 2.45) is 5.41 Å². The second kappa shape index (κ2) is 6.80. The molecule has 0 aliphatic rings. The number of ketones is 1. The number of aryl methyl sites for hydroxylation is 1. The van der Waals surface area contributed by atoms with Gasteiger partial charge in [-0.1, -0.05) is 71.0 Å². The third kappa shape index (κ3) is 4.25. The number of carbonyl (C=O) groups is 1. The summed E-state index contributed by atoms with van der Waals surface area (Å²) in [6.07, 6.45) is 1.38. The Kier molecular flexibility index (Phi) is 5.17. The van der Waals surface area contributed by atoms with E-state index in [1.165, 1.54) is 11.1 Å². The van der Waals surface area contributed by atoms with Gasteiger partial charge in [-0.3, -0.25) is 4.79 Å². The lowest BCUT2D eigenvalue weighted by Crippen LogP contribution is -2.20. The molecule has 2 aromatic carbocycles. The van der Waals surface area contributed by atoms with Gasteiger partial charge in [0.1, 0.15) is 11.5 Å². The standard InChI is InChI=1S/C22H28O2/c1-21(2,3)20(24)15-8-16-6-9-17(10-7-16)22(4,5)18-11-13-19(23)14-12-18/h6-7,9-14,23H,8,15H2,1-5H3. The maximum absolute atomic E-state index is 12.1.